The number of hydrogen-bond acceptors (Lipinski definition) is 4. The van der Waals surface area contributed by atoms with Crippen LogP contribution < -0.4 is 5.32 Å². The van der Waals surface area contributed by atoms with Gasteiger partial charge in [-0.1, -0.05) is 6.07 Å². The molecule has 1 fully saturated rings. The van der Waals surface area contributed by atoms with E-state index in [1.165, 1.54) is 6.26 Å². The summed E-state index contributed by atoms with van der Waals surface area (Å²) in [5.74, 6) is 0.110. The number of likely N-dealkylation sites (tertiary alicyclic amines) is 1. The molecule has 2 aromatic heterocycles. The normalized spacial score (nSPS) is 15.2. The lowest BCUT2D eigenvalue weighted by molar-refractivity contribution is -0.121. The van der Waals surface area contributed by atoms with Crippen LogP contribution in [0.1, 0.15) is 23.4 Å². The van der Waals surface area contributed by atoms with Crippen molar-refractivity contribution in [1.82, 2.24) is 9.88 Å². The molecule has 3 heterocycles. The minimum atomic E-state index is -0.117. The summed E-state index contributed by atoms with van der Waals surface area (Å²) in [5.41, 5.74) is 1.62. The monoisotopic (exact) mass is 349 g/mol. The molecule has 132 valence electrons. The zero-order valence-corrected chi connectivity index (χ0v) is 14.2. The fourth-order valence-corrected chi connectivity index (χ4v) is 3.35. The molecule has 6 nitrogen and oxygen atoms in total. The van der Waals surface area contributed by atoms with Crippen molar-refractivity contribution in [3.8, 4) is 0 Å². The molecule has 1 saturated heterocycles. The van der Waals surface area contributed by atoms with E-state index in [0.29, 0.717) is 31.7 Å². The van der Waals surface area contributed by atoms with E-state index >= 15 is 0 Å². The van der Waals surface area contributed by atoms with Crippen molar-refractivity contribution in [3.63, 3.8) is 0 Å². The van der Waals surface area contributed by atoms with Crippen LogP contribution in [0.15, 0.2) is 59.3 Å². The molecular weight excluding hydrogens is 330 g/mol. The summed E-state index contributed by atoms with van der Waals surface area (Å²) in [4.78, 5) is 31.0. The first-order valence-corrected chi connectivity index (χ1v) is 8.70. The molecule has 0 spiro atoms. The smallest absolute Gasteiger partial charge is 0.289 e. The van der Waals surface area contributed by atoms with Crippen LogP contribution in [0.2, 0.25) is 0 Å². The van der Waals surface area contributed by atoms with Crippen LogP contribution >= 0.6 is 0 Å². The van der Waals surface area contributed by atoms with Gasteiger partial charge in [-0.25, -0.2) is 0 Å². The van der Waals surface area contributed by atoms with Crippen LogP contribution in [0.4, 0.5) is 5.69 Å². The molecule has 3 aromatic rings. The molecule has 26 heavy (non-hydrogen) atoms. The highest BCUT2D eigenvalue weighted by Crippen LogP contribution is 2.25. The quantitative estimate of drug-likeness (QED) is 0.787. The average molecular weight is 349 g/mol. The maximum absolute atomic E-state index is 12.7. The summed E-state index contributed by atoms with van der Waals surface area (Å²) < 4.78 is 5.17. The Morgan fingerprint density at radius 2 is 1.92 bits per heavy atom. The number of furan rings is 1. The van der Waals surface area contributed by atoms with Crippen LogP contribution in [-0.4, -0.2) is 34.8 Å². The number of benzene rings is 1. The zero-order chi connectivity index (χ0) is 17.9. The Morgan fingerprint density at radius 1 is 1.08 bits per heavy atom. The minimum absolute atomic E-state index is 0.00792. The molecule has 0 saturated carbocycles. The van der Waals surface area contributed by atoms with Crippen LogP contribution in [0.25, 0.3) is 10.9 Å². The van der Waals surface area contributed by atoms with Crippen LogP contribution in [-0.2, 0) is 4.79 Å². The summed E-state index contributed by atoms with van der Waals surface area (Å²) in [6, 6.07) is 12.9. The number of piperidine rings is 1. The van der Waals surface area contributed by atoms with E-state index in [9.17, 15) is 9.59 Å². The molecule has 1 N–H and O–H groups in total. The molecule has 6 heteroatoms. The number of amides is 2. The highest BCUT2D eigenvalue weighted by atomic mass is 16.3. The fourth-order valence-electron chi connectivity index (χ4n) is 3.35. The first kappa shape index (κ1) is 16.3. The van der Waals surface area contributed by atoms with Crippen molar-refractivity contribution < 1.29 is 14.0 Å². The standard InChI is InChI=1S/C20H19N3O3/c24-19(22-17-6-1-5-16-15(17)4-2-10-21-16)14-8-11-23(12-9-14)20(25)18-7-3-13-26-18/h1-7,10,13-14H,8-9,11-12H2,(H,22,24). The SMILES string of the molecule is O=C(Nc1cccc2ncccc12)C1CCN(C(=O)c2ccco2)CC1. The molecular formula is C20H19N3O3. The zero-order valence-electron chi connectivity index (χ0n) is 14.2. The van der Waals surface area contributed by atoms with Gasteiger partial charge in [0, 0.05) is 30.6 Å². The number of carbonyl (C=O) groups excluding carboxylic acids is 2. The molecule has 4 rings (SSSR count). The van der Waals surface area contributed by atoms with E-state index in [4.69, 9.17) is 4.42 Å². The number of pyridine rings is 1. The van der Waals surface area contributed by atoms with Gasteiger partial charge in [0.25, 0.3) is 5.91 Å². The van der Waals surface area contributed by atoms with Gasteiger partial charge in [-0.3, -0.25) is 14.6 Å². The van der Waals surface area contributed by atoms with Crippen molar-refractivity contribution in [2.24, 2.45) is 5.92 Å². The van der Waals surface area contributed by atoms with E-state index in [1.54, 1.807) is 23.2 Å². The fraction of sp³-hybridized carbons (Fsp3) is 0.250. The van der Waals surface area contributed by atoms with Crippen LogP contribution in [0, 0.1) is 5.92 Å². The molecule has 0 bridgehead atoms. The lowest BCUT2D eigenvalue weighted by atomic mass is 9.95. The Kier molecular flexibility index (Phi) is 4.39. The van der Waals surface area contributed by atoms with Crippen molar-refractivity contribution in [3.05, 3.63) is 60.7 Å². The average Bonchev–Trinajstić information content (AvgIpc) is 3.23. The maximum Gasteiger partial charge on any atom is 0.289 e. The Labute approximate surface area is 150 Å². The van der Waals surface area contributed by atoms with Gasteiger partial charge in [-0.05, 0) is 49.2 Å². The van der Waals surface area contributed by atoms with Crippen molar-refractivity contribution in [2.45, 2.75) is 12.8 Å². The number of nitrogens with one attached hydrogen (secondary N) is 1. The summed E-state index contributed by atoms with van der Waals surface area (Å²) in [6.45, 7) is 1.10. The number of carbonyl (C=O) groups is 2. The molecule has 1 aromatic carbocycles. The Bertz CT molecular complexity index is 923. The number of fused-ring (bicyclic) bond motifs is 1. The summed E-state index contributed by atoms with van der Waals surface area (Å²) in [5, 5.41) is 3.95. The molecule has 2 amide bonds. The van der Waals surface area contributed by atoms with Crippen molar-refractivity contribution in [2.75, 3.05) is 18.4 Å². The van der Waals surface area contributed by atoms with Crippen molar-refractivity contribution >= 4 is 28.4 Å². The predicted octanol–water partition coefficient (Wildman–Crippen LogP) is 3.32. The largest absolute Gasteiger partial charge is 0.459 e. The van der Waals surface area contributed by atoms with Gasteiger partial charge in [-0.15, -0.1) is 0 Å². The third-order valence-electron chi connectivity index (χ3n) is 4.79. The second-order valence-corrected chi connectivity index (χ2v) is 6.41. The highest BCUT2D eigenvalue weighted by Gasteiger charge is 2.28. The summed E-state index contributed by atoms with van der Waals surface area (Å²) >= 11 is 0. The molecule has 0 aliphatic carbocycles. The molecule has 0 atom stereocenters. The van der Waals surface area contributed by atoms with E-state index in [2.05, 4.69) is 10.3 Å². The van der Waals surface area contributed by atoms with Gasteiger partial charge in [0.1, 0.15) is 0 Å². The second kappa shape index (κ2) is 7.00. The predicted molar refractivity (Wildman–Crippen MR) is 97.7 cm³/mol. The number of nitrogens with zero attached hydrogens (tertiary/aromatic N) is 2. The molecule has 1 aliphatic heterocycles. The third kappa shape index (κ3) is 3.18. The minimum Gasteiger partial charge on any atom is -0.459 e. The highest BCUT2D eigenvalue weighted by molar-refractivity contribution is 6.01. The molecule has 1 aliphatic rings. The van der Waals surface area contributed by atoms with Gasteiger partial charge in [-0.2, -0.15) is 0 Å². The first-order valence-electron chi connectivity index (χ1n) is 8.70. The van der Waals surface area contributed by atoms with E-state index < -0.39 is 0 Å². The van der Waals surface area contributed by atoms with Gasteiger partial charge < -0.3 is 14.6 Å². The number of anilines is 1. The van der Waals surface area contributed by atoms with Gasteiger partial charge in [0.2, 0.25) is 5.91 Å². The second-order valence-electron chi connectivity index (χ2n) is 6.41. The number of aromatic nitrogens is 1. The van der Waals surface area contributed by atoms with Gasteiger partial charge >= 0.3 is 0 Å². The van der Waals surface area contributed by atoms with Crippen LogP contribution in [0.3, 0.4) is 0 Å². The van der Waals surface area contributed by atoms with E-state index in [1.807, 2.05) is 30.3 Å². The number of rotatable bonds is 3. The molecule has 0 unspecified atom stereocenters. The topological polar surface area (TPSA) is 75.4 Å². The Balaban J connectivity index is 1.40. The van der Waals surface area contributed by atoms with E-state index in [0.717, 1.165) is 16.6 Å². The van der Waals surface area contributed by atoms with Crippen LogP contribution in [0.5, 0.6) is 0 Å². The Hall–Kier alpha value is -3.15. The molecule has 0 radical (unpaired) electrons. The lowest BCUT2D eigenvalue weighted by Gasteiger charge is -2.30. The number of hydrogen-bond donors (Lipinski definition) is 1. The summed E-state index contributed by atoms with van der Waals surface area (Å²) in [7, 11) is 0. The third-order valence-corrected chi connectivity index (χ3v) is 4.79. The lowest BCUT2D eigenvalue weighted by Crippen LogP contribution is -2.41. The maximum atomic E-state index is 12.7. The van der Waals surface area contributed by atoms with E-state index in [-0.39, 0.29) is 17.7 Å². The van der Waals surface area contributed by atoms with Gasteiger partial charge in [0.05, 0.1) is 17.5 Å². The van der Waals surface area contributed by atoms with Gasteiger partial charge in [0.15, 0.2) is 5.76 Å². The Morgan fingerprint density at radius 3 is 2.69 bits per heavy atom. The summed E-state index contributed by atoms with van der Waals surface area (Å²) in [6.07, 6.45) is 4.51. The van der Waals surface area contributed by atoms with Crippen molar-refractivity contribution in [1.29, 1.82) is 0 Å². The first-order chi connectivity index (χ1) is 12.7.